The number of nitrogens with zero attached hydrogens (tertiary/aromatic N) is 2. The van der Waals surface area contributed by atoms with Gasteiger partial charge in [-0.15, -0.1) is 0 Å². The Morgan fingerprint density at radius 1 is 1.12 bits per heavy atom. The number of para-hydroxylation sites is 1. The Kier molecular flexibility index (Phi) is 3.80. The van der Waals surface area contributed by atoms with Crippen LogP contribution >= 0.6 is 0 Å². The molecule has 0 spiro atoms. The smallest absolute Gasteiger partial charge is 0.0412 e. The summed E-state index contributed by atoms with van der Waals surface area (Å²) in [4.78, 5) is 4.86. The van der Waals surface area contributed by atoms with Crippen LogP contribution in [0.4, 0.5) is 5.69 Å². The molecule has 0 bridgehead atoms. The summed E-state index contributed by atoms with van der Waals surface area (Å²) in [7, 11) is 2.19. The number of anilines is 1. The summed E-state index contributed by atoms with van der Waals surface area (Å²) < 4.78 is 0. The van der Waals surface area contributed by atoms with Crippen molar-refractivity contribution in [1.29, 1.82) is 0 Å². The second-order valence-electron chi connectivity index (χ2n) is 4.48. The molecule has 0 amide bonds. The quantitative estimate of drug-likeness (QED) is 0.813. The van der Waals surface area contributed by atoms with Crippen molar-refractivity contribution in [3.63, 3.8) is 0 Å². The zero-order valence-corrected chi connectivity index (χ0v) is 10.0. The fourth-order valence-corrected chi connectivity index (χ4v) is 2.28. The Morgan fingerprint density at radius 3 is 2.75 bits per heavy atom. The van der Waals surface area contributed by atoms with E-state index in [1.807, 2.05) is 0 Å². The molecule has 1 aromatic carbocycles. The van der Waals surface area contributed by atoms with Crippen molar-refractivity contribution >= 4 is 5.69 Å². The van der Waals surface area contributed by atoms with Crippen molar-refractivity contribution in [3.05, 3.63) is 29.8 Å². The number of benzene rings is 1. The Labute approximate surface area is 97.8 Å². The van der Waals surface area contributed by atoms with E-state index < -0.39 is 0 Å². The summed E-state index contributed by atoms with van der Waals surface area (Å²) >= 11 is 0. The molecular weight excluding hydrogens is 198 g/mol. The van der Waals surface area contributed by atoms with E-state index in [9.17, 15) is 0 Å². The molecule has 16 heavy (non-hydrogen) atoms. The zero-order valence-electron chi connectivity index (χ0n) is 10.0. The highest BCUT2D eigenvalue weighted by Crippen LogP contribution is 2.21. The SMILES string of the molecule is CN1CCCN(c2ccccc2CN)CC1. The first-order chi connectivity index (χ1) is 7.81. The van der Waals surface area contributed by atoms with E-state index in [-0.39, 0.29) is 0 Å². The van der Waals surface area contributed by atoms with E-state index in [4.69, 9.17) is 5.73 Å². The maximum absolute atomic E-state index is 5.79. The molecule has 0 unspecified atom stereocenters. The lowest BCUT2D eigenvalue weighted by Crippen LogP contribution is -2.29. The average Bonchev–Trinajstić information content (AvgIpc) is 2.54. The summed E-state index contributed by atoms with van der Waals surface area (Å²) in [6.45, 7) is 5.21. The minimum Gasteiger partial charge on any atom is -0.370 e. The minimum atomic E-state index is 0.627. The van der Waals surface area contributed by atoms with E-state index in [0.717, 1.165) is 19.6 Å². The average molecular weight is 219 g/mol. The maximum atomic E-state index is 5.79. The lowest BCUT2D eigenvalue weighted by atomic mass is 10.1. The highest BCUT2D eigenvalue weighted by molar-refractivity contribution is 5.53. The third kappa shape index (κ3) is 2.54. The molecule has 1 fully saturated rings. The molecule has 1 aromatic rings. The number of nitrogens with two attached hydrogens (primary N) is 1. The van der Waals surface area contributed by atoms with Gasteiger partial charge in [-0.1, -0.05) is 18.2 Å². The van der Waals surface area contributed by atoms with E-state index in [0.29, 0.717) is 6.54 Å². The van der Waals surface area contributed by atoms with Gasteiger partial charge in [0.05, 0.1) is 0 Å². The number of hydrogen-bond donors (Lipinski definition) is 1. The van der Waals surface area contributed by atoms with E-state index in [2.05, 4.69) is 41.1 Å². The van der Waals surface area contributed by atoms with Gasteiger partial charge >= 0.3 is 0 Å². The summed E-state index contributed by atoms with van der Waals surface area (Å²) in [5.74, 6) is 0. The van der Waals surface area contributed by atoms with E-state index in [1.54, 1.807) is 0 Å². The fraction of sp³-hybridized carbons (Fsp3) is 0.538. The van der Waals surface area contributed by atoms with Gasteiger partial charge in [0, 0.05) is 31.9 Å². The van der Waals surface area contributed by atoms with Crippen LogP contribution in [0.2, 0.25) is 0 Å². The topological polar surface area (TPSA) is 32.5 Å². The van der Waals surface area contributed by atoms with Gasteiger partial charge in [0.15, 0.2) is 0 Å². The normalized spacial score (nSPS) is 18.5. The molecular formula is C13H21N3. The largest absolute Gasteiger partial charge is 0.370 e. The van der Waals surface area contributed by atoms with Gasteiger partial charge in [-0.25, -0.2) is 0 Å². The highest BCUT2D eigenvalue weighted by Gasteiger charge is 2.14. The Morgan fingerprint density at radius 2 is 1.94 bits per heavy atom. The molecule has 2 rings (SSSR count). The molecule has 0 aliphatic carbocycles. The van der Waals surface area contributed by atoms with Gasteiger partial charge in [-0.05, 0) is 31.6 Å². The first-order valence-corrected chi connectivity index (χ1v) is 6.02. The maximum Gasteiger partial charge on any atom is 0.0412 e. The Hall–Kier alpha value is -1.06. The summed E-state index contributed by atoms with van der Waals surface area (Å²) in [5.41, 5.74) is 8.36. The minimum absolute atomic E-state index is 0.627. The molecule has 1 saturated heterocycles. The lowest BCUT2D eigenvalue weighted by Gasteiger charge is -2.25. The van der Waals surface area contributed by atoms with Crippen molar-refractivity contribution in [3.8, 4) is 0 Å². The number of likely N-dealkylation sites (N-methyl/N-ethyl adjacent to an activating group) is 1. The van der Waals surface area contributed by atoms with Crippen molar-refractivity contribution in [2.75, 3.05) is 38.1 Å². The van der Waals surface area contributed by atoms with Gasteiger partial charge in [0.1, 0.15) is 0 Å². The van der Waals surface area contributed by atoms with E-state index in [1.165, 1.54) is 24.2 Å². The van der Waals surface area contributed by atoms with Gasteiger partial charge in [0.25, 0.3) is 0 Å². The van der Waals surface area contributed by atoms with Crippen molar-refractivity contribution in [1.82, 2.24) is 4.90 Å². The fourth-order valence-electron chi connectivity index (χ4n) is 2.28. The summed E-state index contributed by atoms with van der Waals surface area (Å²) in [5, 5.41) is 0. The molecule has 2 N–H and O–H groups in total. The molecule has 0 atom stereocenters. The van der Waals surface area contributed by atoms with Crippen LogP contribution in [0.5, 0.6) is 0 Å². The predicted molar refractivity (Wildman–Crippen MR) is 68.7 cm³/mol. The molecule has 3 nitrogen and oxygen atoms in total. The molecule has 0 aromatic heterocycles. The summed E-state index contributed by atoms with van der Waals surface area (Å²) in [6.07, 6.45) is 1.23. The van der Waals surface area contributed by atoms with Crippen molar-refractivity contribution in [2.45, 2.75) is 13.0 Å². The number of rotatable bonds is 2. The summed E-state index contributed by atoms with van der Waals surface area (Å²) in [6, 6.07) is 8.48. The van der Waals surface area contributed by atoms with Crippen LogP contribution in [0, 0.1) is 0 Å². The molecule has 1 aliphatic heterocycles. The molecule has 1 heterocycles. The molecule has 88 valence electrons. The van der Waals surface area contributed by atoms with Crippen LogP contribution in [0.3, 0.4) is 0 Å². The highest BCUT2D eigenvalue weighted by atomic mass is 15.2. The Bertz CT molecular complexity index is 338. The molecule has 1 aliphatic rings. The standard InChI is InChI=1S/C13H21N3/c1-15-7-4-8-16(10-9-15)13-6-3-2-5-12(13)11-14/h2-3,5-6H,4,7-11,14H2,1H3. The predicted octanol–water partition coefficient (Wildman–Crippen LogP) is 1.29. The van der Waals surface area contributed by atoms with Crippen LogP contribution in [-0.4, -0.2) is 38.1 Å². The van der Waals surface area contributed by atoms with Crippen molar-refractivity contribution < 1.29 is 0 Å². The second kappa shape index (κ2) is 5.32. The third-order valence-electron chi connectivity index (χ3n) is 3.27. The molecule has 0 radical (unpaired) electrons. The first-order valence-electron chi connectivity index (χ1n) is 6.02. The van der Waals surface area contributed by atoms with Crippen LogP contribution in [0.1, 0.15) is 12.0 Å². The monoisotopic (exact) mass is 219 g/mol. The number of hydrogen-bond acceptors (Lipinski definition) is 3. The van der Waals surface area contributed by atoms with Gasteiger partial charge in [-0.2, -0.15) is 0 Å². The van der Waals surface area contributed by atoms with Crippen LogP contribution < -0.4 is 10.6 Å². The molecule has 0 saturated carbocycles. The third-order valence-corrected chi connectivity index (χ3v) is 3.27. The Balaban J connectivity index is 2.16. The van der Waals surface area contributed by atoms with Crippen molar-refractivity contribution in [2.24, 2.45) is 5.73 Å². The second-order valence-corrected chi connectivity index (χ2v) is 4.48. The van der Waals surface area contributed by atoms with Gasteiger partial charge < -0.3 is 15.5 Å². The van der Waals surface area contributed by atoms with Crippen LogP contribution in [0.15, 0.2) is 24.3 Å². The van der Waals surface area contributed by atoms with Crippen LogP contribution in [-0.2, 0) is 6.54 Å². The van der Waals surface area contributed by atoms with Gasteiger partial charge in [-0.3, -0.25) is 0 Å². The van der Waals surface area contributed by atoms with Gasteiger partial charge in [0.2, 0.25) is 0 Å². The van der Waals surface area contributed by atoms with Crippen LogP contribution in [0.25, 0.3) is 0 Å². The first kappa shape index (κ1) is 11.4. The lowest BCUT2D eigenvalue weighted by molar-refractivity contribution is 0.360. The zero-order chi connectivity index (χ0) is 11.4. The van der Waals surface area contributed by atoms with E-state index >= 15 is 0 Å². The molecule has 3 heteroatoms.